The Hall–Kier alpha value is -3.64. The fourth-order valence-electron chi connectivity index (χ4n) is 5.68. The van der Waals surface area contributed by atoms with Gasteiger partial charge in [-0.3, -0.25) is 9.69 Å². The largest absolute Gasteiger partial charge is 0.471 e. The van der Waals surface area contributed by atoms with Gasteiger partial charge in [0, 0.05) is 55.7 Å². The smallest absolute Gasteiger partial charge is 0.264 e. The van der Waals surface area contributed by atoms with Gasteiger partial charge in [-0.25, -0.2) is 26.9 Å². The second-order valence-electron chi connectivity index (χ2n) is 10.7. The number of hydrogen-bond donors (Lipinski definition) is 1. The number of aryl methyl sites for hydroxylation is 2. The molecule has 6 rings (SSSR count). The van der Waals surface area contributed by atoms with Gasteiger partial charge in [0.05, 0.1) is 17.1 Å². The molecule has 6 bridgehead atoms. The maximum Gasteiger partial charge on any atom is 0.264 e. The number of hydrogen-bond acceptors (Lipinski definition) is 7. The number of benzene rings is 2. The topological polar surface area (TPSA) is 105 Å². The van der Waals surface area contributed by atoms with E-state index in [0.717, 1.165) is 16.7 Å². The molecule has 1 amide bonds. The molecule has 3 aromatic rings. The van der Waals surface area contributed by atoms with Crippen LogP contribution in [0.5, 0.6) is 5.88 Å². The Kier molecular flexibility index (Phi) is 6.49. The average Bonchev–Trinajstić information content (AvgIpc) is 3.08. The molecule has 0 unspecified atom stereocenters. The normalized spacial score (nSPS) is 22.4. The van der Waals surface area contributed by atoms with Crippen LogP contribution in [0.4, 0.5) is 14.7 Å². The van der Waals surface area contributed by atoms with Crippen molar-refractivity contribution in [3.05, 3.63) is 65.2 Å². The minimum absolute atomic E-state index is 0.106. The summed E-state index contributed by atoms with van der Waals surface area (Å²) >= 11 is 0. The molecular weight excluding hydrogens is 540 g/mol. The number of rotatable bonds is 2. The second-order valence-corrected chi connectivity index (χ2v) is 12.4. The fraction of sp³-hybridized carbons (Fsp3) is 0.393. The van der Waals surface area contributed by atoms with Crippen LogP contribution in [0, 0.1) is 13.8 Å². The lowest BCUT2D eigenvalue weighted by Crippen LogP contribution is -2.53. The summed E-state index contributed by atoms with van der Waals surface area (Å²) in [5.41, 5.74) is 3.37. The minimum Gasteiger partial charge on any atom is -0.471 e. The number of aromatic nitrogens is 2. The monoisotopic (exact) mass is 569 g/mol. The highest BCUT2D eigenvalue weighted by molar-refractivity contribution is 7.92. The zero-order chi connectivity index (χ0) is 28.2. The highest BCUT2D eigenvalue weighted by Crippen LogP contribution is 2.41. The summed E-state index contributed by atoms with van der Waals surface area (Å²) in [6.45, 7) is 5.05. The number of anilines is 1. The Bertz CT molecular complexity index is 1570. The van der Waals surface area contributed by atoms with Crippen molar-refractivity contribution in [2.75, 3.05) is 30.9 Å². The number of nitrogens with one attached hydrogen (secondary N) is 1. The number of alkyl halides is 2. The van der Waals surface area contributed by atoms with Gasteiger partial charge in [0.25, 0.3) is 21.9 Å². The van der Waals surface area contributed by atoms with E-state index in [0.29, 0.717) is 25.3 Å². The summed E-state index contributed by atoms with van der Waals surface area (Å²) in [5.74, 6) is -3.10. The van der Waals surface area contributed by atoms with Gasteiger partial charge < -0.3 is 9.64 Å². The van der Waals surface area contributed by atoms with E-state index < -0.39 is 22.0 Å². The maximum absolute atomic E-state index is 13.7. The van der Waals surface area contributed by atoms with Crippen LogP contribution >= 0.6 is 0 Å². The van der Waals surface area contributed by atoms with Crippen LogP contribution in [0.2, 0.25) is 0 Å². The molecule has 1 aromatic heterocycles. The Morgan fingerprint density at radius 1 is 1.00 bits per heavy atom. The van der Waals surface area contributed by atoms with Crippen LogP contribution in [-0.2, 0) is 10.0 Å². The summed E-state index contributed by atoms with van der Waals surface area (Å²) in [6, 6.07) is 12.9. The molecule has 0 radical (unpaired) electrons. The molecule has 1 N–H and O–H groups in total. The van der Waals surface area contributed by atoms with Crippen LogP contribution in [0.25, 0.3) is 11.3 Å². The first-order valence-electron chi connectivity index (χ1n) is 13.1. The van der Waals surface area contributed by atoms with Crippen LogP contribution in [0.3, 0.4) is 0 Å². The molecule has 3 heterocycles. The summed E-state index contributed by atoms with van der Waals surface area (Å²) in [7, 11) is -4.14. The third kappa shape index (κ3) is 5.13. The van der Waals surface area contributed by atoms with Crippen molar-refractivity contribution < 1.29 is 26.7 Å². The van der Waals surface area contributed by atoms with Crippen LogP contribution < -0.4 is 9.46 Å². The quantitative estimate of drug-likeness (QED) is 0.500. The van der Waals surface area contributed by atoms with E-state index in [1.165, 1.54) is 18.2 Å². The SMILES string of the molecule is Cc1cccc(C)c1-c1cc2nc(n1)NS(=O)(=O)c1cccc(c1)C(=O)N1CCN(C3CC(F)(F)C3)C[C@H](C1)O2. The van der Waals surface area contributed by atoms with Gasteiger partial charge >= 0.3 is 0 Å². The highest BCUT2D eigenvalue weighted by Gasteiger charge is 2.48. The van der Waals surface area contributed by atoms with E-state index in [-0.39, 0.29) is 53.6 Å². The van der Waals surface area contributed by atoms with Crippen molar-refractivity contribution in [1.29, 1.82) is 0 Å². The zero-order valence-electron chi connectivity index (χ0n) is 22.1. The Morgan fingerprint density at radius 3 is 2.45 bits per heavy atom. The Morgan fingerprint density at radius 2 is 1.73 bits per heavy atom. The van der Waals surface area contributed by atoms with Gasteiger partial charge in [-0.1, -0.05) is 24.3 Å². The number of sulfonamides is 1. The number of carbonyl (C=O) groups is 1. The number of nitrogens with zero attached hydrogens (tertiary/aromatic N) is 4. The number of ether oxygens (including phenoxy) is 1. The molecule has 2 fully saturated rings. The molecule has 1 saturated heterocycles. The Balaban J connectivity index is 1.46. The van der Waals surface area contributed by atoms with E-state index >= 15 is 0 Å². The Labute approximate surface area is 231 Å². The third-order valence-corrected chi connectivity index (χ3v) is 9.06. The summed E-state index contributed by atoms with van der Waals surface area (Å²) in [6.07, 6.45) is -1.06. The van der Waals surface area contributed by atoms with Gasteiger partial charge in [-0.05, 0) is 43.2 Å². The maximum atomic E-state index is 13.7. The van der Waals surface area contributed by atoms with Crippen molar-refractivity contribution in [2.45, 2.75) is 49.7 Å². The van der Waals surface area contributed by atoms with Crippen molar-refractivity contribution in [2.24, 2.45) is 0 Å². The molecule has 2 aliphatic heterocycles. The van der Waals surface area contributed by atoms with Gasteiger partial charge in [0.2, 0.25) is 11.8 Å². The van der Waals surface area contributed by atoms with Crippen molar-refractivity contribution in [3.63, 3.8) is 0 Å². The molecule has 2 aromatic carbocycles. The minimum atomic E-state index is -4.14. The summed E-state index contributed by atoms with van der Waals surface area (Å²) in [4.78, 5) is 25.9. The molecule has 1 aliphatic carbocycles. The fourth-order valence-corrected chi connectivity index (χ4v) is 6.67. The van der Waals surface area contributed by atoms with Crippen molar-refractivity contribution in [1.82, 2.24) is 19.8 Å². The number of amides is 1. The van der Waals surface area contributed by atoms with E-state index in [2.05, 4.69) is 14.7 Å². The average molecular weight is 570 g/mol. The van der Waals surface area contributed by atoms with Gasteiger partial charge in [0.15, 0.2) is 0 Å². The van der Waals surface area contributed by atoms with E-state index in [1.54, 1.807) is 17.0 Å². The standard InChI is InChI=1S/C28H29F2N5O4S/c1-17-5-3-6-18(2)25(17)23-12-24-32-27(31-23)33-40(37,38)22-8-4-7-19(11-22)26(36)35-10-9-34(15-21(16-35)39-24)20-13-28(29,30)14-20/h3-8,11-12,20-21H,9-10,13-16H2,1-2H3,(H,31,32,33)/t21-/m1/s1. The number of halogens is 2. The second kappa shape index (κ2) is 9.77. The number of carbonyl (C=O) groups excluding carboxylic acids is 1. The van der Waals surface area contributed by atoms with E-state index in [1.807, 2.05) is 36.9 Å². The molecule has 9 nitrogen and oxygen atoms in total. The van der Waals surface area contributed by atoms with E-state index in [4.69, 9.17) is 4.74 Å². The molecule has 3 aliphatic rings. The predicted molar refractivity (Wildman–Crippen MR) is 144 cm³/mol. The van der Waals surface area contributed by atoms with Crippen LogP contribution in [0.15, 0.2) is 53.4 Å². The number of fused-ring (bicyclic) bond motifs is 6. The lowest BCUT2D eigenvalue weighted by Gasteiger charge is -2.42. The third-order valence-electron chi connectivity index (χ3n) is 7.74. The summed E-state index contributed by atoms with van der Waals surface area (Å²) < 4.78 is 62.9. The van der Waals surface area contributed by atoms with E-state index in [9.17, 15) is 22.0 Å². The van der Waals surface area contributed by atoms with Crippen molar-refractivity contribution >= 4 is 21.9 Å². The van der Waals surface area contributed by atoms with Crippen LogP contribution in [-0.4, -0.2) is 78.3 Å². The first-order valence-corrected chi connectivity index (χ1v) is 14.6. The molecule has 210 valence electrons. The van der Waals surface area contributed by atoms with Gasteiger partial charge in [0.1, 0.15) is 6.10 Å². The highest BCUT2D eigenvalue weighted by atomic mass is 32.2. The lowest BCUT2D eigenvalue weighted by molar-refractivity contribution is -0.126. The molecular formula is C28H29F2N5O4S. The van der Waals surface area contributed by atoms with Gasteiger partial charge in [-0.15, -0.1) is 0 Å². The van der Waals surface area contributed by atoms with Gasteiger partial charge in [-0.2, -0.15) is 4.98 Å². The molecule has 40 heavy (non-hydrogen) atoms. The van der Waals surface area contributed by atoms with Crippen molar-refractivity contribution in [3.8, 4) is 17.1 Å². The molecule has 1 saturated carbocycles. The lowest BCUT2D eigenvalue weighted by atomic mass is 9.86. The summed E-state index contributed by atoms with van der Waals surface area (Å²) in [5, 5.41) is 0. The van der Waals surface area contributed by atoms with Crippen LogP contribution in [0.1, 0.15) is 34.3 Å². The predicted octanol–water partition coefficient (Wildman–Crippen LogP) is 3.88. The molecule has 1 atom stereocenters. The first-order chi connectivity index (χ1) is 19.0. The molecule has 0 spiro atoms. The molecule has 12 heteroatoms. The first kappa shape index (κ1) is 26.6. The zero-order valence-corrected chi connectivity index (χ0v) is 22.9.